The first-order valence-corrected chi connectivity index (χ1v) is 7.41. The van der Waals surface area contributed by atoms with Gasteiger partial charge in [-0.1, -0.05) is 17.7 Å². The smallest absolute Gasteiger partial charge is 0.261 e. The Balaban J connectivity index is 2.40. The molecule has 0 saturated carbocycles. The summed E-state index contributed by atoms with van der Waals surface area (Å²) in [5.74, 6) is 0. The number of rotatable bonds is 3. The van der Waals surface area contributed by atoms with E-state index in [4.69, 9.17) is 0 Å². The van der Waals surface area contributed by atoms with Crippen LogP contribution in [-0.4, -0.2) is 30.7 Å². The molecule has 2 rings (SSSR count). The quantitative estimate of drug-likeness (QED) is 0.611. The van der Waals surface area contributed by atoms with Gasteiger partial charge in [0, 0.05) is 0 Å². The van der Waals surface area contributed by atoms with Crippen molar-refractivity contribution in [2.75, 3.05) is 6.67 Å². The molecule has 20 heavy (non-hydrogen) atoms. The van der Waals surface area contributed by atoms with E-state index in [0.29, 0.717) is 11.1 Å². The first-order valence-electron chi connectivity index (χ1n) is 5.97. The second-order valence-electron chi connectivity index (χ2n) is 4.76. The molecule has 8 nitrogen and oxygen atoms in total. The summed E-state index contributed by atoms with van der Waals surface area (Å²) in [5, 5.41) is 13.1. The predicted molar refractivity (Wildman–Crippen MR) is 71.6 cm³/mol. The van der Waals surface area contributed by atoms with Crippen LogP contribution >= 0.6 is 0 Å². The monoisotopic (exact) mass is 300 g/mol. The highest BCUT2D eigenvalue weighted by Crippen LogP contribution is 2.25. The van der Waals surface area contributed by atoms with E-state index in [1.807, 2.05) is 6.92 Å². The van der Waals surface area contributed by atoms with Gasteiger partial charge in [-0.05, 0) is 31.9 Å². The normalized spacial score (nSPS) is 20.2. The molecule has 1 aromatic rings. The summed E-state index contributed by atoms with van der Waals surface area (Å²) in [7, 11) is -3.83. The number of nitrogens with zero attached hydrogens (tertiary/aromatic N) is 2. The van der Waals surface area contributed by atoms with E-state index in [9.17, 15) is 18.5 Å². The van der Waals surface area contributed by atoms with Crippen molar-refractivity contribution in [2.45, 2.75) is 32.0 Å². The van der Waals surface area contributed by atoms with Crippen LogP contribution in [0.2, 0.25) is 0 Å². The molecule has 0 aliphatic carbocycles. The zero-order valence-electron chi connectivity index (χ0n) is 11.4. The van der Waals surface area contributed by atoms with Crippen molar-refractivity contribution >= 4 is 10.0 Å². The van der Waals surface area contributed by atoms with Crippen LogP contribution in [0.4, 0.5) is 0 Å². The largest absolute Gasteiger partial charge is 0.337 e. The molecule has 1 aliphatic heterocycles. The number of hydrogen-bond acceptors (Lipinski definition) is 6. The molecule has 0 amide bonds. The number of sulfonamides is 1. The van der Waals surface area contributed by atoms with E-state index < -0.39 is 21.2 Å². The molecule has 9 heteroatoms. The highest BCUT2D eigenvalue weighted by Gasteiger charge is 2.38. The van der Waals surface area contributed by atoms with Crippen LogP contribution in [0.3, 0.4) is 0 Å². The second-order valence-corrected chi connectivity index (χ2v) is 6.56. The van der Waals surface area contributed by atoms with E-state index in [1.165, 1.54) is 0 Å². The van der Waals surface area contributed by atoms with E-state index in [-0.39, 0.29) is 11.6 Å². The lowest BCUT2D eigenvalue weighted by molar-refractivity contribution is -0.533. The molecule has 1 aromatic carbocycles. The summed E-state index contributed by atoms with van der Waals surface area (Å²) in [5.41, 5.74) is 4.54. The van der Waals surface area contributed by atoms with Gasteiger partial charge in [-0.25, -0.2) is 13.7 Å². The zero-order chi connectivity index (χ0) is 15.1. The number of benzene rings is 1. The second kappa shape index (κ2) is 5.09. The molecule has 1 fully saturated rings. The van der Waals surface area contributed by atoms with Crippen LogP contribution in [0, 0.1) is 30.9 Å². The van der Waals surface area contributed by atoms with Crippen LogP contribution in [0.25, 0.3) is 0 Å². The lowest BCUT2D eigenvalue weighted by Crippen LogP contribution is -2.44. The third-order valence-electron chi connectivity index (χ3n) is 3.06. The van der Waals surface area contributed by atoms with Crippen molar-refractivity contribution in [2.24, 2.45) is 0 Å². The fourth-order valence-corrected chi connectivity index (χ4v) is 3.99. The Morgan fingerprint density at radius 2 is 1.85 bits per heavy atom. The molecular weight excluding hydrogens is 284 g/mol. The van der Waals surface area contributed by atoms with Crippen LogP contribution in [0.15, 0.2) is 17.0 Å². The van der Waals surface area contributed by atoms with Gasteiger partial charge in [0.15, 0.2) is 0 Å². The minimum Gasteiger partial charge on any atom is -0.261 e. The standard InChI is InChI=1S/C11H16N4O4S/c1-7-4-8(2)10(9(3)5-7)20(18,19)14-6-12-11(13-14)15(16)17/h4-5,11-13H,6H2,1-3H3. The van der Waals surface area contributed by atoms with Crippen LogP contribution in [-0.2, 0) is 10.0 Å². The van der Waals surface area contributed by atoms with E-state index in [0.717, 1.165) is 9.98 Å². The molecule has 1 aliphatic rings. The lowest BCUT2D eigenvalue weighted by Gasteiger charge is -2.18. The summed E-state index contributed by atoms with van der Waals surface area (Å²) >= 11 is 0. The van der Waals surface area contributed by atoms with Gasteiger partial charge in [-0.3, -0.25) is 10.1 Å². The summed E-state index contributed by atoms with van der Waals surface area (Å²) in [6.07, 6.45) is -1.30. The van der Waals surface area contributed by atoms with Crippen molar-refractivity contribution in [3.8, 4) is 0 Å². The molecule has 0 spiro atoms. The Hall–Kier alpha value is -1.55. The fraction of sp³-hybridized carbons (Fsp3) is 0.455. The summed E-state index contributed by atoms with van der Waals surface area (Å²) in [6, 6.07) is 3.54. The number of nitro groups is 1. The van der Waals surface area contributed by atoms with Gasteiger partial charge in [0.1, 0.15) is 0 Å². The van der Waals surface area contributed by atoms with Crippen molar-refractivity contribution in [3.05, 3.63) is 38.9 Å². The molecule has 0 bridgehead atoms. The Morgan fingerprint density at radius 1 is 1.30 bits per heavy atom. The minimum absolute atomic E-state index is 0.152. The van der Waals surface area contributed by atoms with Crippen molar-refractivity contribution in [1.82, 2.24) is 15.2 Å². The molecular formula is C11H16N4O4S. The Morgan fingerprint density at radius 3 is 2.30 bits per heavy atom. The first-order chi connectivity index (χ1) is 9.23. The van der Waals surface area contributed by atoms with Crippen molar-refractivity contribution < 1.29 is 13.3 Å². The Kier molecular flexibility index (Phi) is 3.78. The van der Waals surface area contributed by atoms with E-state index >= 15 is 0 Å². The number of aryl methyl sites for hydroxylation is 3. The van der Waals surface area contributed by atoms with Crippen LogP contribution in [0.1, 0.15) is 16.7 Å². The van der Waals surface area contributed by atoms with Gasteiger partial charge in [-0.2, -0.15) is 5.43 Å². The van der Waals surface area contributed by atoms with Crippen LogP contribution < -0.4 is 10.7 Å². The summed E-state index contributed by atoms with van der Waals surface area (Å²) in [4.78, 5) is 10.2. The molecule has 1 saturated heterocycles. The topological polar surface area (TPSA) is 105 Å². The number of hydrogen-bond donors (Lipinski definition) is 2. The number of hydrazine groups is 1. The molecule has 1 atom stereocenters. The third-order valence-corrected chi connectivity index (χ3v) is 5.03. The molecule has 1 unspecified atom stereocenters. The van der Waals surface area contributed by atoms with Gasteiger partial charge >= 0.3 is 6.29 Å². The number of nitrogens with one attached hydrogen (secondary N) is 2. The molecule has 0 radical (unpaired) electrons. The Bertz CT molecular complexity index is 635. The van der Waals surface area contributed by atoms with Crippen LogP contribution in [0.5, 0.6) is 0 Å². The highest BCUT2D eigenvalue weighted by atomic mass is 32.2. The van der Waals surface area contributed by atoms with Gasteiger partial charge in [0.25, 0.3) is 10.0 Å². The lowest BCUT2D eigenvalue weighted by atomic mass is 10.1. The maximum Gasteiger partial charge on any atom is 0.337 e. The molecule has 110 valence electrons. The zero-order valence-corrected chi connectivity index (χ0v) is 12.2. The molecule has 1 heterocycles. The minimum atomic E-state index is -3.83. The molecule has 0 aromatic heterocycles. The maximum atomic E-state index is 12.6. The van der Waals surface area contributed by atoms with Gasteiger partial charge < -0.3 is 0 Å². The summed E-state index contributed by atoms with van der Waals surface area (Å²) in [6.45, 7) is 5.15. The van der Waals surface area contributed by atoms with E-state index in [1.54, 1.807) is 26.0 Å². The first kappa shape index (κ1) is 14.9. The van der Waals surface area contributed by atoms with Gasteiger partial charge in [0.2, 0.25) is 0 Å². The predicted octanol–water partition coefficient (Wildman–Crippen LogP) is 0.228. The van der Waals surface area contributed by atoms with Crippen molar-refractivity contribution in [3.63, 3.8) is 0 Å². The summed E-state index contributed by atoms with van der Waals surface area (Å²) < 4.78 is 26.0. The fourth-order valence-electron chi connectivity index (χ4n) is 2.36. The SMILES string of the molecule is Cc1cc(C)c(S(=O)(=O)N2CNC([N+](=O)[O-])N2)c(C)c1. The molecule has 2 N–H and O–H groups in total. The van der Waals surface area contributed by atoms with Gasteiger partial charge in [-0.15, -0.1) is 4.41 Å². The Labute approximate surface area is 116 Å². The van der Waals surface area contributed by atoms with Gasteiger partial charge in [0.05, 0.1) is 16.5 Å². The van der Waals surface area contributed by atoms with Crippen molar-refractivity contribution in [1.29, 1.82) is 0 Å². The van der Waals surface area contributed by atoms with E-state index in [2.05, 4.69) is 10.7 Å². The average molecular weight is 300 g/mol. The highest BCUT2D eigenvalue weighted by molar-refractivity contribution is 7.89. The average Bonchev–Trinajstić information content (AvgIpc) is 2.76. The third kappa shape index (κ3) is 2.52. The maximum absolute atomic E-state index is 12.6.